The lowest BCUT2D eigenvalue weighted by Gasteiger charge is -2.31. The minimum atomic E-state index is 0.424. The van der Waals surface area contributed by atoms with Gasteiger partial charge in [-0.3, -0.25) is 9.89 Å². The van der Waals surface area contributed by atoms with Crippen molar-refractivity contribution in [3.63, 3.8) is 0 Å². The SMILES string of the molecule is CCNC(=NCC(C)N1CCOCC1)NCCc1cn2ccccc2n1. The summed E-state index contributed by atoms with van der Waals surface area (Å²) >= 11 is 0. The van der Waals surface area contributed by atoms with Crippen LogP contribution in [0.25, 0.3) is 5.65 Å². The van der Waals surface area contributed by atoms with Gasteiger partial charge in [-0.25, -0.2) is 4.98 Å². The Bertz CT molecular complexity index is 674. The Labute approximate surface area is 155 Å². The smallest absolute Gasteiger partial charge is 0.191 e. The summed E-state index contributed by atoms with van der Waals surface area (Å²) in [6, 6.07) is 6.47. The molecule has 1 saturated heterocycles. The molecule has 7 heteroatoms. The Kier molecular flexibility index (Phi) is 6.85. The number of morpholine rings is 1. The molecule has 26 heavy (non-hydrogen) atoms. The van der Waals surface area contributed by atoms with Gasteiger partial charge in [0.2, 0.25) is 0 Å². The maximum absolute atomic E-state index is 5.42. The van der Waals surface area contributed by atoms with E-state index in [4.69, 9.17) is 9.73 Å². The molecule has 3 heterocycles. The van der Waals surface area contributed by atoms with Crippen LogP contribution in [0.15, 0.2) is 35.6 Å². The number of pyridine rings is 1. The van der Waals surface area contributed by atoms with Crippen molar-refractivity contribution in [2.75, 3.05) is 45.9 Å². The number of aromatic nitrogens is 2. The highest BCUT2D eigenvalue weighted by molar-refractivity contribution is 5.79. The van der Waals surface area contributed by atoms with Gasteiger partial charge in [0.25, 0.3) is 0 Å². The molecule has 0 saturated carbocycles. The molecule has 0 amide bonds. The van der Waals surface area contributed by atoms with Crippen molar-refractivity contribution in [1.29, 1.82) is 0 Å². The minimum absolute atomic E-state index is 0.424. The Balaban J connectivity index is 1.49. The monoisotopic (exact) mass is 358 g/mol. The number of imidazole rings is 1. The highest BCUT2D eigenvalue weighted by Gasteiger charge is 2.16. The van der Waals surface area contributed by atoms with Gasteiger partial charge in [-0.2, -0.15) is 0 Å². The Morgan fingerprint density at radius 3 is 2.92 bits per heavy atom. The zero-order valence-electron chi connectivity index (χ0n) is 15.8. The van der Waals surface area contributed by atoms with Crippen LogP contribution >= 0.6 is 0 Å². The molecule has 2 N–H and O–H groups in total. The first-order valence-electron chi connectivity index (χ1n) is 9.53. The number of nitrogens with one attached hydrogen (secondary N) is 2. The van der Waals surface area contributed by atoms with Crippen LogP contribution in [-0.4, -0.2) is 72.2 Å². The first-order chi connectivity index (χ1) is 12.8. The third-order valence-corrected chi connectivity index (χ3v) is 4.61. The summed E-state index contributed by atoms with van der Waals surface area (Å²) in [5.74, 6) is 0.872. The number of aliphatic imine (C=N–C) groups is 1. The third-order valence-electron chi connectivity index (χ3n) is 4.61. The Hall–Kier alpha value is -2.12. The second-order valence-electron chi connectivity index (χ2n) is 6.59. The molecule has 142 valence electrons. The number of hydrogen-bond donors (Lipinski definition) is 2. The van der Waals surface area contributed by atoms with Gasteiger partial charge in [0.1, 0.15) is 5.65 Å². The summed E-state index contributed by atoms with van der Waals surface area (Å²) in [6.07, 6.45) is 4.98. The minimum Gasteiger partial charge on any atom is -0.379 e. The first kappa shape index (κ1) is 18.7. The van der Waals surface area contributed by atoms with Crippen LogP contribution in [0.2, 0.25) is 0 Å². The van der Waals surface area contributed by atoms with E-state index in [2.05, 4.69) is 45.0 Å². The van der Waals surface area contributed by atoms with Crippen molar-refractivity contribution < 1.29 is 4.74 Å². The Morgan fingerprint density at radius 1 is 1.31 bits per heavy atom. The van der Waals surface area contributed by atoms with E-state index in [0.29, 0.717) is 6.04 Å². The van der Waals surface area contributed by atoms with E-state index in [1.54, 1.807) is 0 Å². The standard InChI is InChI=1S/C19H30N6O/c1-3-20-19(22-14-16(2)24-10-12-26-13-11-24)21-8-7-17-15-25-9-5-4-6-18(25)23-17/h4-6,9,15-16H,3,7-8,10-14H2,1-2H3,(H2,20,21,22). The van der Waals surface area contributed by atoms with E-state index in [9.17, 15) is 0 Å². The van der Waals surface area contributed by atoms with Crippen LogP contribution in [0, 0.1) is 0 Å². The van der Waals surface area contributed by atoms with Gasteiger partial charge in [-0.1, -0.05) is 6.07 Å². The number of fused-ring (bicyclic) bond motifs is 1. The van der Waals surface area contributed by atoms with Crippen LogP contribution in [0.3, 0.4) is 0 Å². The van der Waals surface area contributed by atoms with E-state index in [0.717, 1.165) is 69.7 Å². The highest BCUT2D eigenvalue weighted by atomic mass is 16.5. The average Bonchev–Trinajstić information content (AvgIpc) is 3.09. The molecule has 2 aromatic rings. The zero-order valence-corrected chi connectivity index (χ0v) is 15.8. The lowest BCUT2D eigenvalue weighted by molar-refractivity contribution is 0.0220. The van der Waals surface area contributed by atoms with Gasteiger partial charge in [0.05, 0.1) is 25.5 Å². The molecule has 0 spiro atoms. The van der Waals surface area contributed by atoms with E-state index >= 15 is 0 Å². The van der Waals surface area contributed by atoms with Crippen molar-refractivity contribution in [3.05, 3.63) is 36.3 Å². The summed E-state index contributed by atoms with van der Waals surface area (Å²) < 4.78 is 7.48. The number of ether oxygens (including phenoxy) is 1. The normalized spacial score (nSPS) is 17.4. The van der Waals surface area contributed by atoms with E-state index in [1.165, 1.54) is 0 Å². The van der Waals surface area contributed by atoms with Gasteiger partial charge >= 0.3 is 0 Å². The van der Waals surface area contributed by atoms with E-state index in [1.807, 2.05) is 24.4 Å². The van der Waals surface area contributed by atoms with Crippen LogP contribution in [0.5, 0.6) is 0 Å². The summed E-state index contributed by atoms with van der Waals surface area (Å²) in [6.45, 7) is 10.4. The summed E-state index contributed by atoms with van der Waals surface area (Å²) in [5.41, 5.74) is 2.07. The molecule has 0 radical (unpaired) electrons. The molecule has 0 aromatic carbocycles. The number of hydrogen-bond acceptors (Lipinski definition) is 4. The molecular formula is C19H30N6O. The quantitative estimate of drug-likeness (QED) is 0.574. The summed E-state index contributed by atoms with van der Waals surface area (Å²) in [7, 11) is 0. The van der Waals surface area contributed by atoms with Crippen molar-refractivity contribution in [1.82, 2.24) is 24.9 Å². The van der Waals surface area contributed by atoms with Crippen molar-refractivity contribution >= 4 is 11.6 Å². The molecule has 0 aliphatic carbocycles. The maximum atomic E-state index is 5.42. The van der Waals surface area contributed by atoms with E-state index in [-0.39, 0.29) is 0 Å². The number of nitrogens with zero attached hydrogens (tertiary/aromatic N) is 4. The average molecular weight is 358 g/mol. The maximum Gasteiger partial charge on any atom is 0.191 e. The molecule has 2 aromatic heterocycles. The fourth-order valence-electron chi connectivity index (χ4n) is 3.12. The van der Waals surface area contributed by atoms with Gasteiger partial charge in [0, 0.05) is 51.0 Å². The second kappa shape index (κ2) is 9.54. The predicted octanol–water partition coefficient (Wildman–Crippen LogP) is 1.15. The zero-order chi connectivity index (χ0) is 18.2. The van der Waals surface area contributed by atoms with Crippen molar-refractivity contribution in [3.8, 4) is 0 Å². The fourth-order valence-corrected chi connectivity index (χ4v) is 3.12. The molecule has 1 aliphatic rings. The Morgan fingerprint density at radius 2 is 2.15 bits per heavy atom. The van der Waals surface area contributed by atoms with E-state index < -0.39 is 0 Å². The first-order valence-corrected chi connectivity index (χ1v) is 9.53. The molecule has 1 fully saturated rings. The van der Waals surface area contributed by atoms with Crippen LogP contribution in [0.1, 0.15) is 19.5 Å². The van der Waals surface area contributed by atoms with Crippen molar-refractivity contribution in [2.45, 2.75) is 26.3 Å². The predicted molar refractivity (Wildman–Crippen MR) is 105 cm³/mol. The van der Waals surface area contributed by atoms with Gasteiger partial charge in [-0.15, -0.1) is 0 Å². The van der Waals surface area contributed by atoms with Crippen LogP contribution < -0.4 is 10.6 Å². The largest absolute Gasteiger partial charge is 0.379 e. The summed E-state index contributed by atoms with van der Waals surface area (Å²) in [5, 5.41) is 6.74. The lowest BCUT2D eigenvalue weighted by Crippen LogP contribution is -2.44. The molecule has 1 aliphatic heterocycles. The fraction of sp³-hybridized carbons (Fsp3) is 0.579. The van der Waals surface area contributed by atoms with Crippen molar-refractivity contribution in [2.24, 2.45) is 4.99 Å². The molecule has 0 bridgehead atoms. The molecule has 1 atom stereocenters. The molecule has 1 unspecified atom stereocenters. The second-order valence-corrected chi connectivity index (χ2v) is 6.59. The van der Waals surface area contributed by atoms with Gasteiger partial charge < -0.3 is 19.8 Å². The van der Waals surface area contributed by atoms with Crippen LogP contribution in [0.4, 0.5) is 0 Å². The number of guanidine groups is 1. The van der Waals surface area contributed by atoms with Gasteiger partial charge in [-0.05, 0) is 26.0 Å². The third kappa shape index (κ3) is 5.19. The number of rotatable bonds is 7. The molecular weight excluding hydrogens is 328 g/mol. The lowest BCUT2D eigenvalue weighted by atomic mass is 10.2. The topological polar surface area (TPSA) is 66.2 Å². The highest BCUT2D eigenvalue weighted by Crippen LogP contribution is 2.05. The molecule has 3 rings (SSSR count). The van der Waals surface area contributed by atoms with Gasteiger partial charge in [0.15, 0.2) is 5.96 Å². The summed E-state index contributed by atoms with van der Waals surface area (Å²) in [4.78, 5) is 11.8. The molecule has 7 nitrogen and oxygen atoms in total. The van der Waals surface area contributed by atoms with Crippen LogP contribution in [-0.2, 0) is 11.2 Å².